The second kappa shape index (κ2) is 35.7. The second-order valence-corrected chi connectivity index (χ2v) is 15.2. The van der Waals surface area contributed by atoms with E-state index >= 15 is 0 Å². The van der Waals surface area contributed by atoms with E-state index in [0.29, 0.717) is 77.8 Å². The molecule has 0 aromatic rings. The maximum atomic E-state index is 13.4. The first-order valence-corrected chi connectivity index (χ1v) is 21.7. The molecule has 59 heavy (non-hydrogen) atoms. The molecule has 1 saturated heterocycles. The van der Waals surface area contributed by atoms with Crippen molar-refractivity contribution in [1.82, 2.24) is 31.5 Å². The number of aliphatic hydroxyl groups is 3. The normalized spacial score (nSPS) is 15.3. The van der Waals surface area contributed by atoms with Crippen molar-refractivity contribution in [2.75, 3.05) is 98.8 Å². The Hall–Kier alpha value is -3.01. The molecule has 2 atom stereocenters. The standard InChI is InChI=1S/C40H78N8O11/c41-17-9-20-44-35(52)14-23-57-29-40(30-58-24-15-36(53)45-21-10-18-42,31-59-25-16-37(54)46-22-11-19-43-32-50)47-38(55)12-7-5-3-1-2-4-6-8-13-39(56)48-27-34(51)26-33(48)28-49/h33-34,43,49-51H,1-32,41-42H2,(H,44,52)(H,45,53)(H,46,54)(H,47,55)/t33?,34-/m1/s1. The van der Waals surface area contributed by atoms with Crippen molar-refractivity contribution < 1.29 is 53.5 Å². The molecule has 0 aromatic heterocycles. The number of nitrogens with one attached hydrogen (secondary N) is 5. The summed E-state index contributed by atoms with van der Waals surface area (Å²) in [4.78, 5) is 64.4. The summed E-state index contributed by atoms with van der Waals surface area (Å²) in [7, 11) is 0. The fourth-order valence-corrected chi connectivity index (χ4v) is 6.47. The minimum Gasteiger partial charge on any atom is -0.394 e. The number of amides is 5. The van der Waals surface area contributed by atoms with Crippen LogP contribution in [0.1, 0.15) is 109 Å². The van der Waals surface area contributed by atoms with E-state index in [1.165, 1.54) is 0 Å². The number of hydrogen-bond donors (Lipinski definition) is 10. The van der Waals surface area contributed by atoms with Crippen molar-refractivity contribution in [1.29, 1.82) is 0 Å². The summed E-state index contributed by atoms with van der Waals surface area (Å²) in [5, 5.41) is 42.4. The van der Waals surface area contributed by atoms with E-state index in [1.807, 2.05) is 0 Å². The third kappa shape index (κ3) is 28.2. The van der Waals surface area contributed by atoms with Crippen LogP contribution in [0.4, 0.5) is 0 Å². The quantitative estimate of drug-likeness (QED) is 0.0260. The Balaban J connectivity index is 2.70. The molecule has 0 radical (unpaired) electrons. The molecule has 0 spiro atoms. The predicted molar refractivity (Wildman–Crippen MR) is 223 cm³/mol. The zero-order valence-electron chi connectivity index (χ0n) is 35.5. The van der Waals surface area contributed by atoms with Crippen LogP contribution >= 0.6 is 0 Å². The average Bonchev–Trinajstić information content (AvgIpc) is 3.61. The Morgan fingerprint density at radius 3 is 1.51 bits per heavy atom. The van der Waals surface area contributed by atoms with Crippen molar-refractivity contribution in [3.05, 3.63) is 0 Å². The van der Waals surface area contributed by atoms with Gasteiger partial charge in [0.2, 0.25) is 29.5 Å². The number of nitrogens with two attached hydrogens (primary N) is 2. The molecular weight excluding hydrogens is 768 g/mol. The van der Waals surface area contributed by atoms with Gasteiger partial charge in [-0.3, -0.25) is 29.3 Å². The van der Waals surface area contributed by atoms with Crippen LogP contribution in [0.2, 0.25) is 0 Å². The molecule has 1 fully saturated rings. The summed E-state index contributed by atoms with van der Waals surface area (Å²) in [5.74, 6) is -0.828. The Morgan fingerprint density at radius 1 is 0.593 bits per heavy atom. The van der Waals surface area contributed by atoms with Gasteiger partial charge < -0.3 is 67.2 Å². The molecule has 1 aliphatic rings. The van der Waals surface area contributed by atoms with Gasteiger partial charge in [0.05, 0.1) is 65.1 Å². The zero-order chi connectivity index (χ0) is 43.4. The third-order valence-corrected chi connectivity index (χ3v) is 9.80. The fraction of sp³-hybridized carbons (Fsp3) is 0.875. The molecule has 0 bridgehead atoms. The molecule has 0 saturated carbocycles. The summed E-state index contributed by atoms with van der Waals surface area (Å²) in [5.41, 5.74) is 9.85. The molecule has 1 unspecified atom stereocenters. The minimum absolute atomic E-state index is 0.0156. The lowest BCUT2D eigenvalue weighted by Gasteiger charge is -2.34. The van der Waals surface area contributed by atoms with Gasteiger partial charge in [-0.05, 0) is 58.2 Å². The molecule has 1 aliphatic heterocycles. The van der Waals surface area contributed by atoms with Crippen LogP contribution in [-0.4, -0.2) is 166 Å². The third-order valence-electron chi connectivity index (χ3n) is 9.80. The largest absolute Gasteiger partial charge is 0.394 e. The van der Waals surface area contributed by atoms with Gasteiger partial charge in [-0.25, -0.2) is 0 Å². The van der Waals surface area contributed by atoms with Crippen LogP contribution < -0.4 is 38.1 Å². The number of ether oxygens (including phenoxy) is 3. The van der Waals surface area contributed by atoms with Gasteiger partial charge in [-0.15, -0.1) is 0 Å². The highest BCUT2D eigenvalue weighted by Crippen LogP contribution is 2.20. The average molecular weight is 847 g/mol. The molecule has 19 heteroatoms. The summed E-state index contributed by atoms with van der Waals surface area (Å²) in [6, 6.07) is -0.291. The van der Waals surface area contributed by atoms with Crippen LogP contribution in [-0.2, 0) is 38.2 Å². The lowest BCUT2D eigenvalue weighted by atomic mass is 10.0. The molecule has 344 valence electrons. The fourth-order valence-electron chi connectivity index (χ4n) is 6.47. The number of hydrogen-bond acceptors (Lipinski definition) is 14. The molecule has 1 heterocycles. The summed E-state index contributed by atoms with van der Waals surface area (Å²) in [6.07, 6.45) is 9.94. The first kappa shape index (κ1) is 54.0. The molecule has 12 N–H and O–H groups in total. The number of carbonyl (C=O) groups is 5. The van der Waals surface area contributed by atoms with Crippen molar-refractivity contribution in [2.24, 2.45) is 11.5 Å². The molecule has 19 nitrogen and oxygen atoms in total. The Bertz CT molecular complexity index is 1110. The number of aliphatic hydroxyl groups excluding tert-OH is 3. The van der Waals surface area contributed by atoms with Crippen molar-refractivity contribution in [3.8, 4) is 0 Å². The Kier molecular flexibility index (Phi) is 32.7. The van der Waals surface area contributed by atoms with E-state index in [9.17, 15) is 34.2 Å². The molecule has 0 aromatic carbocycles. The van der Waals surface area contributed by atoms with E-state index in [1.54, 1.807) is 4.90 Å². The lowest BCUT2D eigenvalue weighted by molar-refractivity contribution is -0.133. The Labute approximate surface area is 351 Å². The smallest absolute Gasteiger partial charge is 0.222 e. The molecule has 5 amide bonds. The van der Waals surface area contributed by atoms with E-state index in [0.717, 1.165) is 44.9 Å². The number of likely N-dealkylation sites (tertiary alicyclic amines) is 1. The van der Waals surface area contributed by atoms with Gasteiger partial charge in [0.25, 0.3) is 0 Å². The van der Waals surface area contributed by atoms with E-state index in [4.69, 9.17) is 30.8 Å². The molecule has 1 rings (SSSR count). The van der Waals surface area contributed by atoms with Crippen LogP contribution in [0.25, 0.3) is 0 Å². The summed E-state index contributed by atoms with van der Waals surface area (Å²) in [6.45, 7) is 2.95. The number of β-amino-alcohol motifs (C(OH)–C–C–N with tert-alkyl or cyclic N) is 1. The molecular formula is C40H78N8O11. The highest BCUT2D eigenvalue weighted by Gasteiger charge is 2.34. The van der Waals surface area contributed by atoms with Crippen LogP contribution in [0.15, 0.2) is 0 Å². The van der Waals surface area contributed by atoms with E-state index in [-0.39, 0.29) is 121 Å². The first-order chi connectivity index (χ1) is 28.6. The number of carbonyl (C=O) groups excluding carboxylic acids is 5. The van der Waals surface area contributed by atoms with Crippen molar-refractivity contribution >= 4 is 29.5 Å². The van der Waals surface area contributed by atoms with Crippen LogP contribution in [0.5, 0.6) is 0 Å². The van der Waals surface area contributed by atoms with Gasteiger partial charge in [-0.2, -0.15) is 0 Å². The predicted octanol–water partition coefficient (Wildman–Crippen LogP) is -1.11. The van der Waals surface area contributed by atoms with Gasteiger partial charge in [0.15, 0.2) is 0 Å². The second-order valence-electron chi connectivity index (χ2n) is 15.2. The summed E-state index contributed by atoms with van der Waals surface area (Å²) >= 11 is 0. The number of rotatable bonds is 39. The first-order valence-electron chi connectivity index (χ1n) is 21.7. The maximum Gasteiger partial charge on any atom is 0.222 e. The summed E-state index contributed by atoms with van der Waals surface area (Å²) < 4.78 is 17.8. The van der Waals surface area contributed by atoms with Crippen LogP contribution in [0.3, 0.4) is 0 Å². The highest BCUT2D eigenvalue weighted by atomic mass is 16.5. The maximum absolute atomic E-state index is 13.4. The van der Waals surface area contributed by atoms with Gasteiger partial charge in [-0.1, -0.05) is 38.5 Å². The van der Waals surface area contributed by atoms with E-state index < -0.39 is 11.6 Å². The van der Waals surface area contributed by atoms with Gasteiger partial charge >= 0.3 is 0 Å². The molecule has 0 aliphatic carbocycles. The topological polar surface area (TPSA) is 289 Å². The van der Waals surface area contributed by atoms with E-state index in [2.05, 4.69) is 26.6 Å². The van der Waals surface area contributed by atoms with Crippen LogP contribution in [0, 0.1) is 0 Å². The van der Waals surface area contributed by atoms with Gasteiger partial charge in [0, 0.05) is 58.3 Å². The minimum atomic E-state index is -1.18. The monoisotopic (exact) mass is 847 g/mol. The SMILES string of the molecule is NCCCNC(=O)CCOCC(COCCC(=O)NCCCN)(COCCC(=O)NCCCNCO)NC(=O)CCCCCCCCCCC(=O)N1C[C@H](O)CC1CO. The van der Waals surface area contributed by atoms with Crippen molar-refractivity contribution in [3.63, 3.8) is 0 Å². The lowest BCUT2D eigenvalue weighted by Crippen LogP contribution is -2.58. The van der Waals surface area contributed by atoms with Gasteiger partial charge in [0.1, 0.15) is 5.54 Å². The Morgan fingerprint density at radius 2 is 1.05 bits per heavy atom. The van der Waals surface area contributed by atoms with Crippen molar-refractivity contribution in [2.45, 2.75) is 127 Å². The zero-order valence-corrected chi connectivity index (χ0v) is 35.5. The number of nitrogens with zero attached hydrogens (tertiary/aromatic N) is 1. The number of unbranched alkanes of at least 4 members (excludes halogenated alkanes) is 7. The highest BCUT2D eigenvalue weighted by molar-refractivity contribution is 5.78.